The Bertz CT molecular complexity index is 514. The monoisotopic (exact) mass is 378 g/mol. The van der Waals surface area contributed by atoms with Crippen LogP contribution in [0.3, 0.4) is 0 Å². The first-order valence-electron chi connectivity index (χ1n) is 5.94. The van der Waals surface area contributed by atoms with Crippen molar-refractivity contribution >= 4 is 29.9 Å². The van der Waals surface area contributed by atoms with Crippen molar-refractivity contribution in [3.63, 3.8) is 0 Å². The molecule has 0 saturated carbocycles. The summed E-state index contributed by atoms with van der Waals surface area (Å²) in [6, 6.07) is 3.70. The van der Waals surface area contributed by atoms with E-state index in [9.17, 15) is 4.79 Å². The third kappa shape index (κ3) is 5.63. The largest absolute Gasteiger partial charge is 0.370 e. The molecule has 0 radical (unpaired) electrons. The number of rotatable bonds is 2. The van der Waals surface area contributed by atoms with Crippen LogP contribution in [0.2, 0.25) is 0 Å². The Balaban J connectivity index is 0.00000324. The van der Waals surface area contributed by atoms with E-state index in [1.54, 1.807) is 17.7 Å². The predicted octanol–water partition coefficient (Wildman–Crippen LogP) is 1.51. The molecule has 0 fully saturated rings. The highest BCUT2D eigenvalue weighted by atomic mass is 127. The fourth-order valence-corrected chi connectivity index (χ4v) is 1.49. The van der Waals surface area contributed by atoms with Gasteiger partial charge in [-0.15, -0.1) is 24.0 Å². The second-order valence-corrected chi connectivity index (χ2v) is 5.44. The molecule has 6 heteroatoms. The molecule has 0 unspecified atom stereocenters. The Morgan fingerprint density at radius 3 is 2.53 bits per heavy atom. The lowest BCUT2D eigenvalue weighted by Crippen LogP contribution is -2.45. The van der Waals surface area contributed by atoms with Crippen LogP contribution in [0.1, 0.15) is 32.0 Å². The first kappa shape index (κ1) is 17.9. The topological polar surface area (TPSA) is 72.4 Å². The first-order valence-corrected chi connectivity index (χ1v) is 5.94. The van der Waals surface area contributed by atoms with Crippen molar-refractivity contribution in [2.75, 3.05) is 0 Å². The molecule has 1 aromatic heterocycles. The fourth-order valence-electron chi connectivity index (χ4n) is 1.49. The lowest BCUT2D eigenvalue weighted by Gasteiger charge is -2.20. The van der Waals surface area contributed by atoms with Gasteiger partial charge in [0.1, 0.15) is 0 Å². The molecule has 3 N–H and O–H groups in total. The van der Waals surface area contributed by atoms with Crippen molar-refractivity contribution in [1.82, 2.24) is 9.88 Å². The molecular formula is C13H23IN4O. The van der Waals surface area contributed by atoms with Gasteiger partial charge in [-0.3, -0.25) is 4.79 Å². The molecular weight excluding hydrogens is 355 g/mol. The molecule has 1 rings (SSSR count). The number of hydrogen-bond acceptors (Lipinski definition) is 2. The maximum atomic E-state index is 11.9. The van der Waals surface area contributed by atoms with E-state index >= 15 is 0 Å². The molecule has 19 heavy (non-hydrogen) atoms. The third-order valence-corrected chi connectivity index (χ3v) is 2.56. The summed E-state index contributed by atoms with van der Waals surface area (Å²) < 4.78 is 1.61. The molecule has 5 nitrogen and oxygen atoms in total. The Hall–Kier alpha value is -1.05. The summed E-state index contributed by atoms with van der Waals surface area (Å²) in [5.41, 5.74) is 7.16. The Morgan fingerprint density at radius 2 is 2.00 bits per heavy atom. The van der Waals surface area contributed by atoms with Gasteiger partial charge in [-0.05, 0) is 39.8 Å². The number of halogens is 1. The molecule has 0 atom stereocenters. The summed E-state index contributed by atoms with van der Waals surface area (Å²) in [4.78, 5) is 16.1. The predicted molar refractivity (Wildman–Crippen MR) is 90.1 cm³/mol. The van der Waals surface area contributed by atoms with Gasteiger partial charge in [0.25, 0.3) is 5.56 Å². The van der Waals surface area contributed by atoms with E-state index in [0.717, 1.165) is 5.69 Å². The molecule has 0 aliphatic heterocycles. The van der Waals surface area contributed by atoms with Crippen LogP contribution in [0.15, 0.2) is 21.9 Å². The van der Waals surface area contributed by atoms with Gasteiger partial charge in [0.2, 0.25) is 0 Å². The van der Waals surface area contributed by atoms with Gasteiger partial charge in [-0.2, -0.15) is 0 Å². The molecule has 0 aromatic carbocycles. The van der Waals surface area contributed by atoms with Crippen LogP contribution in [0, 0.1) is 6.92 Å². The minimum Gasteiger partial charge on any atom is -0.370 e. The zero-order chi connectivity index (χ0) is 13.9. The number of nitrogens with two attached hydrogens (primary N) is 1. The highest BCUT2D eigenvalue weighted by Crippen LogP contribution is 2.00. The normalized spacial score (nSPS) is 11.9. The summed E-state index contributed by atoms with van der Waals surface area (Å²) in [6.45, 7) is 8.19. The minimum atomic E-state index is -0.133. The fraction of sp³-hybridized carbons (Fsp3) is 0.538. The number of pyridine rings is 1. The third-order valence-electron chi connectivity index (χ3n) is 2.56. The van der Waals surface area contributed by atoms with Crippen LogP contribution >= 0.6 is 24.0 Å². The highest BCUT2D eigenvalue weighted by Gasteiger charge is 2.10. The molecule has 0 bridgehead atoms. The number of guanidine groups is 1. The Labute approximate surface area is 131 Å². The van der Waals surface area contributed by atoms with Crippen LogP contribution < -0.4 is 16.6 Å². The van der Waals surface area contributed by atoms with E-state index in [-0.39, 0.29) is 35.1 Å². The first-order chi connectivity index (χ1) is 8.20. The lowest BCUT2D eigenvalue weighted by atomic mass is 10.1. The molecule has 0 saturated heterocycles. The van der Waals surface area contributed by atoms with E-state index in [0.29, 0.717) is 18.1 Å². The average molecular weight is 378 g/mol. The standard InChI is InChI=1S/C13H22N4O.HI/c1-9-6-7-10(11(18)17(9)5)8-15-12(14)16-13(2,3)4;/h6-7H,8H2,1-5H3,(H3,14,15,16);1H. The van der Waals surface area contributed by atoms with Crippen molar-refractivity contribution < 1.29 is 0 Å². The van der Waals surface area contributed by atoms with Crippen molar-refractivity contribution in [3.8, 4) is 0 Å². The second kappa shape index (κ2) is 6.93. The summed E-state index contributed by atoms with van der Waals surface area (Å²) in [7, 11) is 1.75. The van der Waals surface area contributed by atoms with E-state index < -0.39 is 0 Å². The Morgan fingerprint density at radius 1 is 1.42 bits per heavy atom. The second-order valence-electron chi connectivity index (χ2n) is 5.44. The van der Waals surface area contributed by atoms with Gasteiger partial charge < -0.3 is 15.6 Å². The van der Waals surface area contributed by atoms with Crippen LogP contribution in [0.25, 0.3) is 0 Å². The number of aryl methyl sites for hydroxylation is 1. The van der Waals surface area contributed by atoms with Gasteiger partial charge in [0, 0.05) is 23.8 Å². The maximum absolute atomic E-state index is 11.9. The molecule has 0 aliphatic carbocycles. The molecule has 0 spiro atoms. The van der Waals surface area contributed by atoms with Gasteiger partial charge >= 0.3 is 0 Å². The minimum absolute atomic E-state index is 0. The molecule has 0 amide bonds. The van der Waals surface area contributed by atoms with E-state index in [1.807, 2.05) is 33.8 Å². The van der Waals surface area contributed by atoms with Crippen LogP contribution in [-0.4, -0.2) is 16.1 Å². The van der Waals surface area contributed by atoms with Gasteiger partial charge in [0.15, 0.2) is 5.96 Å². The number of aliphatic imine (C=N–C) groups is 1. The van der Waals surface area contributed by atoms with Crippen LogP contribution in [-0.2, 0) is 13.6 Å². The van der Waals surface area contributed by atoms with E-state index in [4.69, 9.17) is 5.73 Å². The quantitative estimate of drug-likeness (QED) is 0.466. The average Bonchev–Trinajstić information content (AvgIpc) is 2.22. The summed E-state index contributed by atoms with van der Waals surface area (Å²) in [5, 5.41) is 3.05. The number of hydrogen-bond donors (Lipinski definition) is 2. The smallest absolute Gasteiger partial charge is 0.255 e. The number of aromatic nitrogens is 1. The van der Waals surface area contributed by atoms with Gasteiger partial charge in [-0.25, -0.2) is 4.99 Å². The van der Waals surface area contributed by atoms with Crippen molar-refractivity contribution in [2.24, 2.45) is 17.8 Å². The van der Waals surface area contributed by atoms with Gasteiger partial charge in [-0.1, -0.05) is 0 Å². The molecule has 1 heterocycles. The molecule has 0 aliphatic rings. The van der Waals surface area contributed by atoms with Crippen LogP contribution in [0.4, 0.5) is 0 Å². The van der Waals surface area contributed by atoms with Crippen molar-refractivity contribution in [1.29, 1.82) is 0 Å². The SMILES string of the molecule is Cc1ccc(CN=C(N)NC(C)(C)C)c(=O)n1C.I. The highest BCUT2D eigenvalue weighted by molar-refractivity contribution is 14.0. The molecule has 1 aromatic rings. The number of nitrogens with one attached hydrogen (secondary N) is 1. The summed E-state index contributed by atoms with van der Waals surface area (Å²) >= 11 is 0. The van der Waals surface area contributed by atoms with Crippen LogP contribution in [0.5, 0.6) is 0 Å². The van der Waals surface area contributed by atoms with E-state index in [1.165, 1.54) is 0 Å². The molecule has 108 valence electrons. The zero-order valence-electron chi connectivity index (χ0n) is 12.2. The Kier molecular flexibility index (Phi) is 6.54. The number of nitrogens with zero attached hydrogens (tertiary/aromatic N) is 2. The summed E-state index contributed by atoms with van der Waals surface area (Å²) in [5.74, 6) is 0.352. The van der Waals surface area contributed by atoms with E-state index in [2.05, 4.69) is 10.3 Å². The lowest BCUT2D eigenvalue weighted by molar-refractivity contribution is 0.508. The van der Waals surface area contributed by atoms with Crippen molar-refractivity contribution in [3.05, 3.63) is 33.7 Å². The van der Waals surface area contributed by atoms with Gasteiger partial charge in [0.05, 0.1) is 6.54 Å². The zero-order valence-corrected chi connectivity index (χ0v) is 14.5. The summed E-state index contributed by atoms with van der Waals surface area (Å²) in [6.07, 6.45) is 0. The van der Waals surface area contributed by atoms with Crippen molar-refractivity contribution in [2.45, 2.75) is 39.8 Å². The maximum Gasteiger partial charge on any atom is 0.255 e.